The van der Waals surface area contributed by atoms with Crippen LogP contribution in [0.15, 0.2) is 24.3 Å². The van der Waals surface area contributed by atoms with Crippen LogP contribution in [-0.4, -0.2) is 43.9 Å². The van der Waals surface area contributed by atoms with Gasteiger partial charge in [0.2, 0.25) is 0 Å². The van der Waals surface area contributed by atoms with Gasteiger partial charge in [-0.05, 0) is 50.0 Å². The molecule has 108 valence electrons. The monoisotopic (exact) mass is 275 g/mol. The molecular formula is C16H21NO3. The van der Waals surface area contributed by atoms with E-state index in [2.05, 4.69) is 9.64 Å². The fraction of sp³-hybridized carbons (Fsp3) is 0.500. The maximum Gasteiger partial charge on any atom is 0.337 e. The minimum absolute atomic E-state index is 0.255. The standard InChI is InChI=1S/C16H21NO3/c1-20-16(19)15-4-2-13(3-5-15)6-9-17-10-7-14(12-18)8-11-17/h2-5,12,14H,6-11H2,1H3. The molecule has 0 atom stereocenters. The number of methoxy groups -OCH3 is 1. The van der Waals surface area contributed by atoms with E-state index in [0.717, 1.165) is 45.2 Å². The summed E-state index contributed by atoms with van der Waals surface area (Å²) in [6.45, 7) is 3.01. The Morgan fingerprint density at radius 1 is 1.30 bits per heavy atom. The summed E-state index contributed by atoms with van der Waals surface area (Å²) in [6.07, 6.45) is 4.01. The quantitative estimate of drug-likeness (QED) is 0.608. The number of esters is 1. The van der Waals surface area contributed by atoms with Gasteiger partial charge in [0.15, 0.2) is 0 Å². The first-order valence-corrected chi connectivity index (χ1v) is 7.08. The molecule has 1 aliphatic heterocycles. The Morgan fingerprint density at radius 3 is 2.50 bits per heavy atom. The van der Waals surface area contributed by atoms with E-state index in [1.165, 1.54) is 12.7 Å². The second kappa shape index (κ2) is 7.20. The zero-order valence-corrected chi connectivity index (χ0v) is 11.9. The van der Waals surface area contributed by atoms with Crippen molar-refractivity contribution in [1.82, 2.24) is 4.90 Å². The molecule has 0 amide bonds. The molecule has 0 spiro atoms. The summed E-state index contributed by atoms with van der Waals surface area (Å²) in [5, 5.41) is 0. The van der Waals surface area contributed by atoms with Gasteiger partial charge in [-0.15, -0.1) is 0 Å². The molecule has 0 aromatic heterocycles. The zero-order valence-electron chi connectivity index (χ0n) is 11.9. The van der Waals surface area contributed by atoms with Gasteiger partial charge in [-0.1, -0.05) is 12.1 Å². The van der Waals surface area contributed by atoms with Crippen molar-refractivity contribution < 1.29 is 14.3 Å². The van der Waals surface area contributed by atoms with Crippen molar-refractivity contribution in [2.45, 2.75) is 19.3 Å². The average molecular weight is 275 g/mol. The van der Waals surface area contributed by atoms with E-state index in [1.54, 1.807) is 12.1 Å². The number of carbonyl (C=O) groups excluding carboxylic acids is 2. The molecule has 2 rings (SSSR count). The first-order valence-electron chi connectivity index (χ1n) is 7.08. The van der Waals surface area contributed by atoms with Crippen molar-refractivity contribution in [1.29, 1.82) is 0 Å². The topological polar surface area (TPSA) is 46.6 Å². The van der Waals surface area contributed by atoms with Crippen LogP contribution in [-0.2, 0) is 16.0 Å². The molecule has 0 aliphatic carbocycles. The molecular weight excluding hydrogens is 254 g/mol. The molecule has 0 saturated carbocycles. The molecule has 1 saturated heterocycles. The van der Waals surface area contributed by atoms with Crippen LogP contribution in [0, 0.1) is 5.92 Å². The van der Waals surface area contributed by atoms with Crippen LogP contribution in [0.2, 0.25) is 0 Å². The van der Waals surface area contributed by atoms with Crippen LogP contribution in [0.3, 0.4) is 0 Å². The lowest BCUT2D eigenvalue weighted by atomic mass is 9.98. The first-order chi connectivity index (χ1) is 9.72. The summed E-state index contributed by atoms with van der Waals surface area (Å²) < 4.78 is 4.68. The van der Waals surface area contributed by atoms with Crippen LogP contribution in [0.25, 0.3) is 0 Å². The largest absolute Gasteiger partial charge is 0.465 e. The maximum atomic E-state index is 11.3. The molecule has 1 heterocycles. The fourth-order valence-electron chi connectivity index (χ4n) is 2.53. The van der Waals surface area contributed by atoms with Crippen molar-refractivity contribution in [3.05, 3.63) is 35.4 Å². The Morgan fingerprint density at radius 2 is 1.95 bits per heavy atom. The lowest BCUT2D eigenvalue weighted by Crippen LogP contribution is -2.35. The highest BCUT2D eigenvalue weighted by molar-refractivity contribution is 5.89. The Hall–Kier alpha value is -1.68. The van der Waals surface area contributed by atoms with E-state index < -0.39 is 0 Å². The van der Waals surface area contributed by atoms with Gasteiger partial charge in [0.25, 0.3) is 0 Å². The predicted molar refractivity (Wildman–Crippen MR) is 76.7 cm³/mol. The summed E-state index contributed by atoms with van der Waals surface area (Å²) in [7, 11) is 1.39. The lowest BCUT2D eigenvalue weighted by molar-refractivity contribution is -0.112. The molecule has 0 N–H and O–H groups in total. The number of ether oxygens (including phenoxy) is 1. The number of nitrogens with zero attached hydrogens (tertiary/aromatic N) is 1. The predicted octanol–water partition coefficient (Wildman–Crippen LogP) is 1.93. The highest BCUT2D eigenvalue weighted by atomic mass is 16.5. The molecule has 1 aromatic rings. The Bertz CT molecular complexity index is 447. The van der Waals surface area contributed by atoms with Gasteiger partial charge >= 0.3 is 5.97 Å². The number of likely N-dealkylation sites (tertiary alicyclic amines) is 1. The van der Waals surface area contributed by atoms with Gasteiger partial charge in [-0.2, -0.15) is 0 Å². The second-order valence-electron chi connectivity index (χ2n) is 5.25. The van der Waals surface area contributed by atoms with E-state index in [4.69, 9.17) is 0 Å². The first kappa shape index (κ1) is 14.7. The molecule has 20 heavy (non-hydrogen) atoms. The number of hydrogen-bond acceptors (Lipinski definition) is 4. The van der Waals surface area contributed by atoms with E-state index in [-0.39, 0.29) is 11.9 Å². The summed E-state index contributed by atoms with van der Waals surface area (Å²) in [4.78, 5) is 24.4. The van der Waals surface area contributed by atoms with Crippen LogP contribution in [0.5, 0.6) is 0 Å². The van der Waals surface area contributed by atoms with Gasteiger partial charge in [0.1, 0.15) is 6.29 Å². The molecule has 0 unspecified atom stereocenters. The molecule has 4 heteroatoms. The minimum Gasteiger partial charge on any atom is -0.465 e. The van der Waals surface area contributed by atoms with Crippen molar-refractivity contribution >= 4 is 12.3 Å². The third-order valence-corrected chi connectivity index (χ3v) is 3.92. The molecule has 0 bridgehead atoms. The Balaban J connectivity index is 1.79. The van der Waals surface area contributed by atoms with Gasteiger partial charge in [0, 0.05) is 12.5 Å². The summed E-state index contributed by atoms with van der Waals surface area (Å²) >= 11 is 0. The van der Waals surface area contributed by atoms with E-state index in [1.807, 2.05) is 12.1 Å². The van der Waals surface area contributed by atoms with Crippen LogP contribution < -0.4 is 0 Å². The normalized spacial score (nSPS) is 16.9. The zero-order chi connectivity index (χ0) is 14.4. The smallest absolute Gasteiger partial charge is 0.337 e. The highest BCUT2D eigenvalue weighted by Crippen LogP contribution is 2.15. The van der Waals surface area contributed by atoms with Gasteiger partial charge < -0.3 is 14.4 Å². The third-order valence-electron chi connectivity index (χ3n) is 3.92. The summed E-state index contributed by atoms with van der Waals surface area (Å²) in [5.41, 5.74) is 1.80. The maximum absolute atomic E-state index is 11.3. The van der Waals surface area contributed by atoms with Crippen molar-refractivity contribution in [2.24, 2.45) is 5.92 Å². The number of piperidine rings is 1. The van der Waals surface area contributed by atoms with Gasteiger partial charge in [-0.3, -0.25) is 0 Å². The molecule has 1 aliphatic rings. The number of carbonyl (C=O) groups is 2. The van der Waals surface area contributed by atoms with Gasteiger partial charge in [0.05, 0.1) is 12.7 Å². The summed E-state index contributed by atoms with van der Waals surface area (Å²) in [5.74, 6) is -0.0434. The number of hydrogen-bond donors (Lipinski definition) is 0. The molecule has 0 radical (unpaired) electrons. The van der Waals surface area contributed by atoms with Crippen LogP contribution in [0.4, 0.5) is 0 Å². The van der Waals surface area contributed by atoms with E-state index in [9.17, 15) is 9.59 Å². The Kier molecular flexibility index (Phi) is 5.30. The van der Waals surface area contributed by atoms with E-state index in [0.29, 0.717) is 5.56 Å². The van der Waals surface area contributed by atoms with Crippen molar-refractivity contribution in [3.63, 3.8) is 0 Å². The molecule has 4 nitrogen and oxygen atoms in total. The van der Waals surface area contributed by atoms with Crippen LogP contribution in [0.1, 0.15) is 28.8 Å². The molecule has 1 aromatic carbocycles. The van der Waals surface area contributed by atoms with Gasteiger partial charge in [-0.25, -0.2) is 4.79 Å². The lowest BCUT2D eigenvalue weighted by Gasteiger charge is -2.29. The van der Waals surface area contributed by atoms with Crippen LogP contribution >= 0.6 is 0 Å². The van der Waals surface area contributed by atoms with Crippen molar-refractivity contribution in [2.75, 3.05) is 26.7 Å². The van der Waals surface area contributed by atoms with E-state index >= 15 is 0 Å². The highest BCUT2D eigenvalue weighted by Gasteiger charge is 2.17. The molecule has 1 fully saturated rings. The number of rotatable bonds is 5. The SMILES string of the molecule is COC(=O)c1ccc(CCN2CCC(C=O)CC2)cc1. The number of benzene rings is 1. The summed E-state index contributed by atoms with van der Waals surface area (Å²) in [6, 6.07) is 7.56. The minimum atomic E-state index is -0.299. The second-order valence-corrected chi connectivity index (χ2v) is 5.25. The van der Waals surface area contributed by atoms with Crippen molar-refractivity contribution in [3.8, 4) is 0 Å². The average Bonchev–Trinajstić information content (AvgIpc) is 2.53. The third kappa shape index (κ3) is 3.90. The fourth-order valence-corrected chi connectivity index (χ4v) is 2.53. The Labute approximate surface area is 119 Å². The number of aldehydes is 1.